The number of rotatable bonds is 13. The smallest absolute Gasteiger partial charge is 0.311 e. The molecular formula is C42H64I3NO3. The number of carbonyl (C=O) groups excluding carboxylic acids is 1. The number of hydrogen-bond acceptors (Lipinski definition) is 4. The first kappa shape index (κ1) is 40.6. The molecule has 0 amide bonds. The highest BCUT2D eigenvalue weighted by Crippen LogP contribution is 2.67. The molecule has 7 heteroatoms. The van der Waals surface area contributed by atoms with Crippen LogP contribution in [0.5, 0.6) is 0 Å². The van der Waals surface area contributed by atoms with Crippen LogP contribution in [0.25, 0.3) is 0 Å². The highest BCUT2D eigenvalue weighted by Gasteiger charge is 2.58. The predicted molar refractivity (Wildman–Crippen MR) is 229 cm³/mol. The van der Waals surface area contributed by atoms with Crippen LogP contribution in [0.2, 0.25) is 0 Å². The largest absolute Gasteiger partial charge is 0.436 e. The van der Waals surface area contributed by atoms with E-state index in [-0.39, 0.29) is 18.0 Å². The SMILES string of the molecule is CCC(Cc1c(I)cc(I)c(N)c1I)C(=O)OC(C)O[C@H]1CC[C@@]2(C)C(CC=C3C2CC[C@@]2(C)C3CC[C@@H]2[C@H](C)CCC(CC)C(C)C)C1. The van der Waals surface area contributed by atoms with Crippen molar-refractivity contribution >= 4 is 79.4 Å². The number of nitrogen functional groups attached to an aromatic ring is 1. The number of fused-ring (bicyclic) bond motifs is 5. The van der Waals surface area contributed by atoms with Crippen LogP contribution in [0.1, 0.15) is 138 Å². The molecule has 1 aromatic carbocycles. The Labute approximate surface area is 339 Å². The van der Waals surface area contributed by atoms with Gasteiger partial charge in [-0.05, 0) is 209 Å². The second-order valence-electron chi connectivity index (χ2n) is 17.3. The topological polar surface area (TPSA) is 61.6 Å². The summed E-state index contributed by atoms with van der Waals surface area (Å²) in [6.07, 6.45) is 17.9. The fourth-order valence-electron chi connectivity index (χ4n) is 11.3. The second-order valence-corrected chi connectivity index (χ2v) is 20.7. The molecule has 6 unspecified atom stereocenters. The fourth-order valence-corrected chi connectivity index (χ4v) is 15.1. The quantitative estimate of drug-likeness (QED) is 0.0703. The first-order chi connectivity index (χ1) is 23.1. The minimum Gasteiger partial charge on any atom is -0.436 e. The van der Waals surface area contributed by atoms with Gasteiger partial charge in [0.2, 0.25) is 0 Å². The number of ether oxygens (including phenoxy) is 2. The lowest BCUT2D eigenvalue weighted by molar-refractivity contribution is -0.198. The Hall–Kier alpha value is 0.380. The summed E-state index contributed by atoms with van der Waals surface area (Å²) in [5.74, 6) is 5.16. The maximum atomic E-state index is 13.4. The molecule has 4 nitrogen and oxygen atoms in total. The summed E-state index contributed by atoms with van der Waals surface area (Å²) < 4.78 is 15.8. The van der Waals surface area contributed by atoms with Crippen molar-refractivity contribution in [3.8, 4) is 0 Å². The van der Waals surface area contributed by atoms with Gasteiger partial charge in [0.25, 0.3) is 0 Å². The summed E-state index contributed by atoms with van der Waals surface area (Å²) in [7, 11) is 0. The summed E-state index contributed by atoms with van der Waals surface area (Å²) in [6.45, 7) is 19.1. The number of allylic oxidation sites excluding steroid dienone is 2. The number of carbonyl (C=O) groups is 1. The molecule has 0 aromatic heterocycles. The summed E-state index contributed by atoms with van der Waals surface area (Å²) in [5.41, 5.74) is 11.0. The third-order valence-corrected chi connectivity index (χ3v) is 17.6. The molecule has 1 aromatic rings. The molecule has 5 rings (SSSR count). The Bertz CT molecular complexity index is 1360. The van der Waals surface area contributed by atoms with Gasteiger partial charge in [-0.15, -0.1) is 0 Å². The van der Waals surface area contributed by atoms with E-state index in [0.717, 1.165) is 76.7 Å². The van der Waals surface area contributed by atoms with Gasteiger partial charge in [0.05, 0.1) is 17.7 Å². The molecule has 0 bridgehead atoms. The number of halogens is 3. The number of esters is 1. The van der Waals surface area contributed by atoms with Crippen LogP contribution in [-0.4, -0.2) is 18.4 Å². The van der Waals surface area contributed by atoms with Gasteiger partial charge in [-0.25, -0.2) is 0 Å². The molecule has 0 aliphatic heterocycles. The van der Waals surface area contributed by atoms with E-state index in [1.807, 2.05) is 12.5 Å². The van der Waals surface area contributed by atoms with E-state index in [0.29, 0.717) is 23.2 Å². The molecule has 4 aliphatic carbocycles. The standard InChI is InChI=1S/C42H64I3NO3/c1-9-27(24(3)4)12-11-25(5)33-15-16-34-31-14-13-29-22-30(17-19-41(29,7)35(31)18-20-42(33,34)8)48-26(6)49-40(47)28(10-2)21-32-36(43)23-37(44)39(46)38(32)45/h14,23-30,33-35H,9-13,15-22,46H2,1-8H3/t25-,26?,27?,28?,29?,30+,33-,34?,35?,41+,42-/m1/s1. The number of benzene rings is 1. The second kappa shape index (κ2) is 16.8. The van der Waals surface area contributed by atoms with E-state index in [4.69, 9.17) is 15.2 Å². The van der Waals surface area contributed by atoms with Gasteiger partial charge in [0, 0.05) is 10.7 Å². The maximum Gasteiger partial charge on any atom is 0.311 e. The summed E-state index contributed by atoms with van der Waals surface area (Å²) in [6, 6.07) is 2.10. The van der Waals surface area contributed by atoms with Gasteiger partial charge in [0.1, 0.15) is 0 Å². The monoisotopic (exact) mass is 1010 g/mol. The van der Waals surface area contributed by atoms with Crippen LogP contribution in [0, 0.1) is 68.9 Å². The molecule has 3 fully saturated rings. The summed E-state index contributed by atoms with van der Waals surface area (Å²) in [5, 5.41) is 0. The van der Waals surface area contributed by atoms with Crippen LogP contribution in [0.15, 0.2) is 17.7 Å². The average Bonchev–Trinajstić information content (AvgIpc) is 3.41. The molecule has 4 aliphatic rings. The normalized spacial score (nSPS) is 33.6. The Kier molecular flexibility index (Phi) is 13.9. The van der Waals surface area contributed by atoms with E-state index < -0.39 is 6.29 Å². The zero-order valence-electron chi connectivity index (χ0n) is 31.6. The van der Waals surface area contributed by atoms with Crippen molar-refractivity contribution in [3.63, 3.8) is 0 Å². The number of anilines is 1. The Morgan fingerprint density at radius 3 is 2.31 bits per heavy atom. The van der Waals surface area contributed by atoms with Crippen molar-refractivity contribution in [1.82, 2.24) is 0 Å². The molecular weight excluding hydrogens is 947 g/mol. The van der Waals surface area contributed by atoms with Gasteiger partial charge >= 0.3 is 5.97 Å². The minimum absolute atomic E-state index is 0.150. The van der Waals surface area contributed by atoms with Crippen molar-refractivity contribution in [3.05, 3.63) is 34.0 Å². The van der Waals surface area contributed by atoms with E-state index in [9.17, 15) is 4.79 Å². The maximum absolute atomic E-state index is 13.4. The lowest BCUT2D eigenvalue weighted by atomic mass is 9.47. The lowest BCUT2D eigenvalue weighted by Crippen LogP contribution is -2.50. The van der Waals surface area contributed by atoms with Crippen LogP contribution in [0.4, 0.5) is 5.69 Å². The molecule has 0 saturated heterocycles. The van der Waals surface area contributed by atoms with Gasteiger partial charge in [-0.2, -0.15) is 0 Å². The van der Waals surface area contributed by atoms with Gasteiger partial charge in [0.15, 0.2) is 6.29 Å². The first-order valence-electron chi connectivity index (χ1n) is 19.6. The molecule has 276 valence electrons. The van der Waals surface area contributed by atoms with Gasteiger partial charge < -0.3 is 15.2 Å². The Morgan fingerprint density at radius 2 is 1.63 bits per heavy atom. The first-order valence-corrected chi connectivity index (χ1v) is 22.9. The van der Waals surface area contributed by atoms with Crippen molar-refractivity contribution < 1.29 is 14.3 Å². The third kappa shape index (κ3) is 8.39. The molecule has 49 heavy (non-hydrogen) atoms. The molecule has 0 heterocycles. The van der Waals surface area contributed by atoms with Gasteiger partial charge in [-0.1, -0.05) is 73.0 Å². The lowest BCUT2D eigenvalue weighted by Gasteiger charge is -2.58. The zero-order chi connectivity index (χ0) is 35.8. The van der Waals surface area contributed by atoms with Crippen LogP contribution < -0.4 is 5.73 Å². The van der Waals surface area contributed by atoms with Crippen molar-refractivity contribution in [2.75, 3.05) is 5.73 Å². The van der Waals surface area contributed by atoms with E-state index in [2.05, 4.69) is 128 Å². The van der Waals surface area contributed by atoms with E-state index in [1.54, 1.807) is 0 Å². The number of hydrogen-bond donors (Lipinski definition) is 1. The van der Waals surface area contributed by atoms with Gasteiger partial charge in [-0.3, -0.25) is 4.79 Å². The Balaban J connectivity index is 1.17. The molecule has 0 spiro atoms. The summed E-state index contributed by atoms with van der Waals surface area (Å²) in [4.78, 5) is 13.4. The van der Waals surface area contributed by atoms with Crippen LogP contribution >= 0.6 is 67.8 Å². The van der Waals surface area contributed by atoms with E-state index >= 15 is 0 Å². The van der Waals surface area contributed by atoms with Crippen molar-refractivity contribution in [2.24, 2.45) is 58.2 Å². The van der Waals surface area contributed by atoms with Crippen LogP contribution in [0.3, 0.4) is 0 Å². The highest BCUT2D eigenvalue weighted by atomic mass is 127. The molecule has 2 N–H and O–H groups in total. The predicted octanol–water partition coefficient (Wildman–Crippen LogP) is 12.6. The third-order valence-electron chi connectivity index (χ3n) is 14.5. The minimum atomic E-state index is -0.536. The summed E-state index contributed by atoms with van der Waals surface area (Å²) >= 11 is 6.97. The number of nitrogens with two attached hydrogens (primary N) is 1. The highest BCUT2D eigenvalue weighted by molar-refractivity contribution is 14.1. The fraction of sp³-hybridized carbons (Fsp3) is 0.786. The Morgan fingerprint density at radius 1 is 0.939 bits per heavy atom. The average molecular weight is 1010 g/mol. The van der Waals surface area contributed by atoms with Crippen LogP contribution in [-0.2, 0) is 20.7 Å². The molecule has 3 saturated carbocycles. The zero-order valence-corrected chi connectivity index (χ0v) is 38.0. The molecule has 11 atom stereocenters. The molecule has 0 radical (unpaired) electrons. The van der Waals surface area contributed by atoms with E-state index in [1.165, 1.54) is 57.8 Å². The van der Waals surface area contributed by atoms with Crippen molar-refractivity contribution in [1.29, 1.82) is 0 Å². The van der Waals surface area contributed by atoms with Crippen molar-refractivity contribution in [2.45, 2.75) is 151 Å².